The van der Waals surface area contributed by atoms with Gasteiger partial charge in [0.15, 0.2) is 0 Å². The molecule has 0 amide bonds. The van der Waals surface area contributed by atoms with Crippen molar-refractivity contribution < 1.29 is 0 Å². The van der Waals surface area contributed by atoms with Crippen molar-refractivity contribution >= 4 is 12.6 Å². The maximum absolute atomic E-state index is 4.36. The maximum atomic E-state index is 4.36. The maximum Gasteiger partial charge on any atom is 0.0220 e. The Kier molecular flexibility index (Phi) is 4.97. The molecule has 0 bridgehead atoms. The summed E-state index contributed by atoms with van der Waals surface area (Å²) < 4.78 is 0. The van der Waals surface area contributed by atoms with Crippen LogP contribution in [-0.4, -0.2) is 5.25 Å². The predicted octanol–water partition coefficient (Wildman–Crippen LogP) is 3.05. The number of unbranched alkanes of at least 4 members (excludes halogenated alkanes) is 1. The van der Waals surface area contributed by atoms with Crippen molar-refractivity contribution in [3.05, 3.63) is 12.2 Å². The first-order chi connectivity index (χ1) is 4.18. The third-order valence-corrected chi connectivity index (χ3v) is 2.10. The fourth-order valence-electron chi connectivity index (χ4n) is 0.644. The highest BCUT2D eigenvalue weighted by Crippen LogP contribution is 2.13. The van der Waals surface area contributed by atoms with Crippen molar-refractivity contribution in [2.75, 3.05) is 0 Å². The minimum atomic E-state index is 0.421. The minimum Gasteiger partial charge on any atom is -0.171 e. The van der Waals surface area contributed by atoms with Crippen LogP contribution >= 0.6 is 12.6 Å². The van der Waals surface area contributed by atoms with Gasteiger partial charge in [0.25, 0.3) is 0 Å². The number of hydrogen-bond donors (Lipinski definition) is 1. The van der Waals surface area contributed by atoms with Gasteiger partial charge in [-0.15, -0.1) is 0 Å². The average Bonchev–Trinajstić information content (AvgIpc) is 1.82. The largest absolute Gasteiger partial charge is 0.171 e. The molecular weight excluding hydrogens is 128 g/mol. The topological polar surface area (TPSA) is 0 Å². The molecule has 0 nitrogen and oxygen atoms in total. The molecule has 0 aliphatic rings. The van der Waals surface area contributed by atoms with Crippen LogP contribution in [0.4, 0.5) is 0 Å². The third-order valence-electron chi connectivity index (χ3n) is 1.40. The summed E-state index contributed by atoms with van der Waals surface area (Å²) >= 11 is 4.36. The normalized spacial score (nSPS) is 13.2. The lowest BCUT2D eigenvalue weighted by Gasteiger charge is -2.07. The summed E-state index contributed by atoms with van der Waals surface area (Å²) in [6, 6.07) is 0. The molecule has 0 aliphatic heterocycles. The second-order valence-electron chi connectivity index (χ2n) is 2.50. The Hall–Kier alpha value is 0.0900. The highest BCUT2D eigenvalue weighted by Gasteiger charge is 2.00. The van der Waals surface area contributed by atoms with E-state index in [1.807, 2.05) is 6.92 Å². The van der Waals surface area contributed by atoms with E-state index in [1.54, 1.807) is 0 Å². The van der Waals surface area contributed by atoms with E-state index in [4.69, 9.17) is 0 Å². The van der Waals surface area contributed by atoms with E-state index in [2.05, 4.69) is 26.1 Å². The SMILES string of the molecule is C=C(C)C(S)CCCC. The molecule has 0 saturated carbocycles. The Morgan fingerprint density at radius 3 is 2.56 bits per heavy atom. The van der Waals surface area contributed by atoms with E-state index in [0.717, 1.165) is 0 Å². The summed E-state index contributed by atoms with van der Waals surface area (Å²) in [7, 11) is 0. The van der Waals surface area contributed by atoms with Crippen molar-refractivity contribution in [2.45, 2.75) is 38.4 Å². The molecule has 0 spiro atoms. The average molecular weight is 144 g/mol. The zero-order chi connectivity index (χ0) is 7.28. The predicted molar refractivity (Wildman–Crippen MR) is 47.1 cm³/mol. The van der Waals surface area contributed by atoms with Crippen molar-refractivity contribution in [2.24, 2.45) is 0 Å². The molecule has 0 aromatic heterocycles. The van der Waals surface area contributed by atoms with Gasteiger partial charge in [-0.1, -0.05) is 31.9 Å². The second kappa shape index (κ2) is 4.92. The molecule has 0 aromatic rings. The molecule has 9 heavy (non-hydrogen) atoms. The molecule has 0 aliphatic carbocycles. The highest BCUT2D eigenvalue weighted by molar-refractivity contribution is 7.81. The quantitative estimate of drug-likeness (QED) is 0.455. The van der Waals surface area contributed by atoms with Crippen molar-refractivity contribution in [1.29, 1.82) is 0 Å². The van der Waals surface area contributed by atoms with E-state index in [-0.39, 0.29) is 0 Å². The summed E-state index contributed by atoms with van der Waals surface area (Å²) in [5.74, 6) is 0. The molecule has 0 saturated heterocycles. The van der Waals surface area contributed by atoms with Crippen LogP contribution in [0, 0.1) is 0 Å². The molecule has 0 fully saturated rings. The molecule has 54 valence electrons. The highest BCUT2D eigenvalue weighted by atomic mass is 32.1. The fourth-order valence-corrected chi connectivity index (χ4v) is 0.826. The van der Waals surface area contributed by atoms with Gasteiger partial charge in [0.05, 0.1) is 0 Å². The van der Waals surface area contributed by atoms with E-state index in [9.17, 15) is 0 Å². The minimum absolute atomic E-state index is 0.421. The Bertz CT molecular complexity index is 86.6. The smallest absolute Gasteiger partial charge is 0.0220 e. The van der Waals surface area contributed by atoms with Gasteiger partial charge in [0, 0.05) is 5.25 Å². The summed E-state index contributed by atoms with van der Waals surface area (Å²) in [5.41, 5.74) is 1.19. The Morgan fingerprint density at radius 2 is 2.22 bits per heavy atom. The van der Waals surface area contributed by atoms with E-state index >= 15 is 0 Å². The van der Waals surface area contributed by atoms with Gasteiger partial charge in [0.1, 0.15) is 0 Å². The van der Waals surface area contributed by atoms with E-state index in [0.29, 0.717) is 5.25 Å². The zero-order valence-corrected chi connectivity index (χ0v) is 7.25. The molecule has 1 unspecified atom stereocenters. The number of hydrogen-bond acceptors (Lipinski definition) is 1. The van der Waals surface area contributed by atoms with Crippen LogP contribution in [0.1, 0.15) is 33.1 Å². The van der Waals surface area contributed by atoms with Gasteiger partial charge in [-0.25, -0.2) is 0 Å². The van der Waals surface area contributed by atoms with Crippen LogP contribution in [0.15, 0.2) is 12.2 Å². The van der Waals surface area contributed by atoms with Gasteiger partial charge in [-0.05, 0) is 13.3 Å². The molecule has 0 aromatic carbocycles. The molecule has 0 radical (unpaired) electrons. The first-order valence-corrected chi connectivity index (χ1v) is 4.03. The standard InChI is InChI=1S/C8H16S/c1-4-5-6-8(9)7(2)3/h8-9H,2,4-6H2,1,3H3. The van der Waals surface area contributed by atoms with E-state index < -0.39 is 0 Å². The van der Waals surface area contributed by atoms with Crippen LogP contribution in [-0.2, 0) is 0 Å². The van der Waals surface area contributed by atoms with Crippen molar-refractivity contribution in [3.8, 4) is 0 Å². The van der Waals surface area contributed by atoms with Crippen molar-refractivity contribution in [1.82, 2.24) is 0 Å². The zero-order valence-electron chi connectivity index (χ0n) is 6.35. The number of thiol groups is 1. The lowest BCUT2D eigenvalue weighted by atomic mass is 10.1. The third kappa shape index (κ3) is 4.58. The summed E-state index contributed by atoms with van der Waals surface area (Å²) in [4.78, 5) is 0. The Labute approximate surface area is 63.8 Å². The molecule has 1 heteroatoms. The first kappa shape index (κ1) is 9.09. The van der Waals surface area contributed by atoms with Crippen LogP contribution in [0.5, 0.6) is 0 Å². The molecule has 0 rings (SSSR count). The molecule has 1 atom stereocenters. The van der Waals surface area contributed by atoms with Crippen LogP contribution < -0.4 is 0 Å². The van der Waals surface area contributed by atoms with Gasteiger partial charge >= 0.3 is 0 Å². The van der Waals surface area contributed by atoms with Gasteiger partial charge < -0.3 is 0 Å². The van der Waals surface area contributed by atoms with Crippen LogP contribution in [0.25, 0.3) is 0 Å². The fraction of sp³-hybridized carbons (Fsp3) is 0.750. The number of rotatable bonds is 4. The van der Waals surface area contributed by atoms with Gasteiger partial charge in [0.2, 0.25) is 0 Å². The molecular formula is C8H16S. The van der Waals surface area contributed by atoms with Gasteiger partial charge in [-0.2, -0.15) is 12.6 Å². The summed E-state index contributed by atoms with van der Waals surface area (Å²) in [5, 5.41) is 0.421. The Morgan fingerprint density at radius 1 is 1.67 bits per heavy atom. The van der Waals surface area contributed by atoms with E-state index in [1.165, 1.54) is 24.8 Å². The van der Waals surface area contributed by atoms with Crippen LogP contribution in [0.3, 0.4) is 0 Å². The van der Waals surface area contributed by atoms with Crippen molar-refractivity contribution in [3.63, 3.8) is 0 Å². The monoisotopic (exact) mass is 144 g/mol. The lowest BCUT2D eigenvalue weighted by Crippen LogP contribution is -1.97. The summed E-state index contributed by atoms with van der Waals surface area (Å²) in [6.07, 6.45) is 3.69. The lowest BCUT2D eigenvalue weighted by molar-refractivity contribution is 0.726. The molecule has 0 heterocycles. The summed E-state index contributed by atoms with van der Waals surface area (Å²) in [6.45, 7) is 8.06. The first-order valence-electron chi connectivity index (χ1n) is 3.52. The van der Waals surface area contributed by atoms with Gasteiger partial charge in [-0.3, -0.25) is 0 Å². The van der Waals surface area contributed by atoms with Crippen LogP contribution in [0.2, 0.25) is 0 Å². The molecule has 0 N–H and O–H groups in total. The Balaban J connectivity index is 3.27. The second-order valence-corrected chi connectivity index (χ2v) is 3.13.